The minimum Gasteiger partial charge on any atom is -0.445 e. The van der Waals surface area contributed by atoms with E-state index in [0.717, 1.165) is 22.3 Å². The van der Waals surface area contributed by atoms with Crippen LogP contribution in [-0.4, -0.2) is 74.5 Å². The van der Waals surface area contributed by atoms with Crippen LogP contribution in [0.4, 0.5) is 4.79 Å². The molecule has 2 aliphatic heterocycles. The monoisotopic (exact) mass is 739 g/mol. The first-order valence-corrected chi connectivity index (χ1v) is 17.8. The van der Waals surface area contributed by atoms with Gasteiger partial charge in [-0.05, 0) is 23.6 Å². The molecule has 0 bridgehead atoms. The molecule has 54 heavy (non-hydrogen) atoms. The second-order valence-corrected chi connectivity index (χ2v) is 12.8. The number of ether oxygens (including phenoxy) is 7. The van der Waals surface area contributed by atoms with Gasteiger partial charge in [0, 0.05) is 5.56 Å². The Bertz CT molecular complexity index is 1750. The van der Waals surface area contributed by atoms with Gasteiger partial charge in [-0.15, -0.1) is 0 Å². The summed E-state index contributed by atoms with van der Waals surface area (Å²) in [4.78, 5) is 37.5. The molecule has 0 radical (unpaired) electrons. The fourth-order valence-electron chi connectivity index (χ4n) is 5.95. The summed E-state index contributed by atoms with van der Waals surface area (Å²) < 4.78 is 43.4. The molecule has 284 valence electrons. The van der Waals surface area contributed by atoms with Crippen molar-refractivity contribution in [2.75, 3.05) is 19.9 Å². The molecule has 7 atom stereocenters. The van der Waals surface area contributed by atoms with Gasteiger partial charge in [0.2, 0.25) is 11.8 Å². The van der Waals surface area contributed by atoms with Crippen LogP contribution >= 0.6 is 0 Å². The maximum Gasteiger partial charge on any atom is 0.408 e. The van der Waals surface area contributed by atoms with Crippen LogP contribution in [0.15, 0.2) is 121 Å². The first kappa shape index (κ1) is 38.6. The third-order valence-corrected chi connectivity index (χ3v) is 8.81. The fraction of sp³-hybridized carbons (Fsp3) is 0.341. The van der Waals surface area contributed by atoms with Gasteiger partial charge < -0.3 is 49.1 Å². The molecule has 3 amide bonds. The number of hydrogen-bond donors (Lipinski definition) is 3. The summed E-state index contributed by atoms with van der Waals surface area (Å²) in [5, 5.41) is 7.61. The van der Waals surface area contributed by atoms with Crippen LogP contribution in [0.1, 0.15) is 35.5 Å². The lowest BCUT2D eigenvalue weighted by Crippen LogP contribution is -2.64. The third-order valence-electron chi connectivity index (χ3n) is 8.81. The van der Waals surface area contributed by atoms with Crippen LogP contribution in [0, 0.1) is 0 Å². The predicted octanol–water partition coefficient (Wildman–Crippen LogP) is 4.52. The van der Waals surface area contributed by atoms with Crippen molar-refractivity contribution < 1.29 is 47.5 Å². The smallest absolute Gasteiger partial charge is 0.408 e. The number of rotatable bonds is 16. The summed E-state index contributed by atoms with van der Waals surface area (Å²) in [7, 11) is 0. The molecule has 0 saturated carbocycles. The van der Waals surface area contributed by atoms with Crippen molar-refractivity contribution >= 4 is 17.9 Å². The van der Waals surface area contributed by atoms with E-state index in [1.165, 1.54) is 6.92 Å². The lowest BCUT2D eigenvalue weighted by atomic mass is 9.97. The Morgan fingerprint density at radius 3 is 1.85 bits per heavy atom. The Hall–Kier alpha value is -5.15. The molecule has 0 spiro atoms. The van der Waals surface area contributed by atoms with E-state index in [4.69, 9.17) is 33.2 Å². The van der Waals surface area contributed by atoms with Crippen molar-refractivity contribution in [1.29, 1.82) is 0 Å². The van der Waals surface area contributed by atoms with Crippen LogP contribution in [0.5, 0.6) is 0 Å². The molecule has 1 unspecified atom stereocenters. The summed E-state index contributed by atoms with van der Waals surface area (Å²) in [5.41, 5.74) is 3.58. The van der Waals surface area contributed by atoms with E-state index >= 15 is 0 Å². The SMILES string of the molecule is C[C@H](NC(=O)OCc1ccccc1)C(=O)NCC(=O)NCO[C@@H]1O[C@@H]2COC(c3ccccc3)O[C@H]2[C@H](OCc2ccccc2)[C@@H]1OCc1ccccc1. The average Bonchev–Trinajstić information content (AvgIpc) is 3.21. The van der Waals surface area contributed by atoms with Crippen LogP contribution in [0.3, 0.4) is 0 Å². The normalized spacial score (nSPS) is 22.6. The Morgan fingerprint density at radius 2 is 1.24 bits per heavy atom. The molecule has 2 heterocycles. The minimum atomic E-state index is -0.989. The number of benzene rings is 4. The molecule has 6 rings (SSSR count). The van der Waals surface area contributed by atoms with Gasteiger partial charge in [0.25, 0.3) is 0 Å². The standard InChI is InChI=1S/C41H45N3O10/c1-28(44-41(47)51-25-31-18-10-4-11-19-31)38(46)42-22-34(45)43-27-52-40-37(49-24-30-16-8-3-9-17-30)36(48-23-29-14-6-2-7-15-29)35-33(53-40)26-50-39(54-35)32-20-12-5-13-21-32/h2-21,28,33,35-37,39-40H,22-27H2,1H3,(H,42,46)(H,43,45)(H,44,47)/t28-,33+,35+,36-,37-,39?,40+/m0/s1. The van der Waals surface area contributed by atoms with Crippen molar-refractivity contribution in [1.82, 2.24) is 16.0 Å². The quantitative estimate of drug-likeness (QED) is 0.140. The number of carbonyl (C=O) groups is 3. The van der Waals surface area contributed by atoms with Gasteiger partial charge in [0.1, 0.15) is 43.8 Å². The summed E-state index contributed by atoms with van der Waals surface area (Å²) in [6.45, 7) is 1.64. The van der Waals surface area contributed by atoms with Gasteiger partial charge in [-0.25, -0.2) is 4.79 Å². The third kappa shape index (κ3) is 11.2. The highest BCUT2D eigenvalue weighted by molar-refractivity contribution is 5.89. The first-order chi connectivity index (χ1) is 26.4. The van der Waals surface area contributed by atoms with Gasteiger partial charge in [-0.1, -0.05) is 121 Å². The molecule has 0 aromatic heterocycles. The molecule has 4 aromatic rings. The number of hydrogen-bond acceptors (Lipinski definition) is 10. The largest absolute Gasteiger partial charge is 0.445 e. The zero-order valence-electron chi connectivity index (χ0n) is 29.9. The molecule has 3 N–H and O–H groups in total. The molecular formula is C41H45N3O10. The summed E-state index contributed by atoms with van der Waals surface area (Å²) in [6.07, 6.45) is -4.98. The van der Waals surface area contributed by atoms with Crippen LogP contribution in [0.25, 0.3) is 0 Å². The Morgan fingerprint density at radius 1 is 0.685 bits per heavy atom. The van der Waals surface area contributed by atoms with Crippen LogP contribution < -0.4 is 16.0 Å². The number of alkyl carbamates (subject to hydrolysis) is 1. The minimum absolute atomic E-state index is 0.0574. The lowest BCUT2D eigenvalue weighted by molar-refractivity contribution is -0.372. The molecule has 2 saturated heterocycles. The topological polar surface area (TPSA) is 152 Å². The maximum atomic E-state index is 12.8. The van der Waals surface area contributed by atoms with Crippen molar-refractivity contribution in [2.24, 2.45) is 0 Å². The zero-order chi connectivity index (χ0) is 37.5. The molecule has 4 aromatic carbocycles. The van der Waals surface area contributed by atoms with E-state index in [2.05, 4.69) is 16.0 Å². The van der Waals surface area contributed by atoms with Crippen molar-refractivity contribution in [3.63, 3.8) is 0 Å². The van der Waals surface area contributed by atoms with Gasteiger partial charge in [-0.2, -0.15) is 0 Å². The highest BCUT2D eigenvalue weighted by atomic mass is 16.8. The van der Waals surface area contributed by atoms with Gasteiger partial charge in [0.15, 0.2) is 12.6 Å². The molecule has 2 fully saturated rings. The highest BCUT2D eigenvalue weighted by Crippen LogP contribution is 2.37. The second kappa shape index (κ2) is 19.8. The van der Waals surface area contributed by atoms with E-state index in [1.54, 1.807) is 0 Å². The zero-order valence-corrected chi connectivity index (χ0v) is 29.9. The summed E-state index contributed by atoms with van der Waals surface area (Å²) in [6, 6.07) is 37.3. The van der Waals surface area contributed by atoms with Gasteiger partial charge in [-0.3, -0.25) is 9.59 Å². The molecule has 13 nitrogen and oxygen atoms in total. The van der Waals surface area contributed by atoms with E-state index < -0.39 is 60.9 Å². The average molecular weight is 740 g/mol. The molecule has 2 aliphatic rings. The fourth-order valence-corrected chi connectivity index (χ4v) is 5.95. The molecule has 13 heteroatoms. The number of amides is 3. The lowest BCUT2D eigenvalue weighted by Gasteiger charge is -2.48. The molecule has 0 aliphatic carbocycles. The van der Waals surface area contributed by atoms with Crippen molar-refractivity contribution in [3.8, 4) is 0 Å². The van der Waals surface area contributed by atoms with Crippen LogP contribution in [-0.2, 0) is 62.6 Å². The van der Waals surface area contributed by atoms with E-state index in [9.17, 15) is 14.4 Å². The highest BCUT2D eigenvalue weighted by Gasteiger charge is 2.52. The second-order valence-electron chi connectivity index (χ2n) is 12.8. The van der Waals surface area contributed by atoms with E-state index in [1.807, 2.05) is 121 Å². The van der Waals surface area contributed by atoms with Crippen molar-refractivity contribution in [3.05, 3.63) is 144 Å². The van der Waals surface area contributed by atoms with Gasteiger partial charge in [0.05, 0.1) is 26.4 Å². The van der Waals surface area contributed by atoms with Crippen LogP contribution in [0.2, 0.25) is 0 Å². The Kier molecular flexibility index (Phi) is 14.1. The predicted molar refractivity (Wildman–Crippen MR) is 195 cm³/mol. The maximum absolute atomic E-state index is 12.8. The Labute approximate surface area is 314 Å². The van der Waals surface area contributed by atoms with E-state index in [-0.39, 0.29) is 39.7 Å². The first-order valence-electron chi connectivity index (χ1n) is 17.8. The van der Waals surface area contributed by atoms with Gasteiger partial charge >= 0.3 is 6.09 Å². The number of fused-ring (bicyclic) bond motifs is 1. The van der Waals surface area contributed by atoms with E-state index in [0.29, 0.717) is 0 Å². The summed E-state index contributed by atoms with van der Waals surface area (Å²) >= 11 is 0. The molecular weight excluding hydrogens is 694 g/mol. The number of carbonyl (C=O) groups excluding carboxylic acids is 3. The number of nitrogens with one attached hydrogen (secondary N) is 3. The summed E-state index contributed by atoms with van der Waals surface area (Å²) in [5.74, 6) is -1.09. The van der Waals surface area contributed by atoms with Crippen molar-refractivity contribution in [2.45, 2.75) is 69.8 Å². The Balaban J connectivity index is 1.06.